The van der Waals surface area contributed by atoms with Crippen molar-refractivity contribution in [1.29, 1.82) is 0 Å². The second kappa shape index (κ2) is 7.01. The van der Waals surface area contributed by atoms with E-state index in [0.29, 0.717) is 5.02 Å². The van der Waals surface area contributed by atoms with Gasteiger partial charge in [0.15, 0.2) is 0 Å². The van der Waals surface area contributed by atoms with Crippen molar-refractivity contribution in [2.75, 3.05) is 12.4 Å². The molecule has 1 fully saturated rings. The lowest BCUT2D eigenvalue weighted by atomic mass is 9.71. The van der Waals surface area contributed by atoms with Crippen LogP contribution in [0.25, 0.3) is 0 Å². The Morgan fingerprint density at radius 3 is 2.90 bits per heavy atom. The van der Waals surface area contributed by atoms with Crippen LogP contribution in [0.1, 0.15) is 39.0 Å². The molecule has 1 aromatic rings. The molecule has 0 heterocycles. The third-order valence-electron chi connectivity index (χ3n) is 4.40. The molecule has 2 rings (SSSR count). The van der Waals surface area contributed by atoms with Crippen molar-refractivity contribution in [2.24, 2.45) is 5.92 Å². The topological polar surface area (TPSA) is 38.3 Å². The molecule has 0 radical (unpaired) electrons. The van der Waals surface area contributed by atoms with Crippen LogP contribution >= 0.6 is 27.5 Å². The monoisotopic (exact) mass is 373 g/mol. The SMILES string of the molecule is CCC1CCCCC1(Nc1ccc(Cl)c(Br)c1)C(=O)OC. The molecule has 0 saturated heterocycles. The molecule has 2 unspecified atom stereocenters. The molecule has 1 N–H and O–H groups in total. The van der Waals surface area contributed by atoms with E-state index in [2.05, 4.69) is 28.2 Å². The summed E-state index contributed by atoms with van der Waals surface area (Å²) in [4.78, 5) is 12.5. The first-order valence-corrected chi connectivity index (χ1v) is 8.52. The second-order valence-electron chi connectivity index (χ2n) is 5.57. The Labute approximate surface area is 139 Å². The molecule has 1 aliphatic carbocycles. The number of benzene rings is 1. The number of halogens is 2. The number of hydrogen-bond acceptors (Lipinski definition) is 3. The van der Waals surface area contributed by atoms with Crippen molar-refractivity contribution in [3.8, 4) is 0 Å². The van der Waals surface area contributed by atoms with Crippen LogP contribution in [0.5, 0.6) is 0 Å². The summed E-state index contributed by atoms with van der Waals surface area (Å²) in [7, 11) is 1.46. The molecular weight excluding hydrogens is 354 g/mol. The van der Waals surface area contributed by atoms with Crippen molar-refractivity contribution in [1.82, 2.24) is 0 Å². The predicted octanol–water partition coefficient (Wildman–Crippen LogP) is 5.03. The summed E-state index contributed by atoms with van der Waals surface area (Å²) in [6, 6.07) is 5.64. The van der Waals surface area contributed by atoms with E-state index < -0.39 is 5.54 Å². The fourth-order valence-electron chi connectivity index (χ4n) is 3.30. The van der Waals surface area contributed by atoms with Crippen molar-refractivity contribution in [2.45, 2.75) is 44.6 Å². The lowest BCUT2D eigenvalue weighted by Crippen LogP contribution is -2.54. The summed E-state index contributed by atoms with van der Waals surface area (Å²) < 4.78 is 5.93. The average molecular weight is 375 g/mol. The minimum atomic E-state index is -0.630. The number of nitrogens with one attached hydrogen (secondary N) is 1. The molecule has 1 aliphatic rings. The molecule has 5 heteroatoms. The van der Waals surface area contributed by atoms with Crippen LogP contribution in [0.15, 0.2) is 22.7 Å². The Balaban J connectivity index is 2.35. The number of carbonyl (C=O) groups is 1. The lowest BCUT2D eigenvalue weighted by Gasteiger charge is -2.42. The van der Waals surface area contributed by atoms with Crippen LogP contribution in [0, 0.1) is 5.92 Å². The van der Waals surface area contributed by atoms with Crippen LogP contribution < -0.4 is 5.32 Å². The first kappa shape index (κ1) is 16.6. The first-order chi connectivity index (χ1) is 10.0. The quantitative estimate of drug-likeness (QED) is 0.751. The fraction of sp³-hybridized carbons (Fsp3) is 0.562. The predicted molar refractivity (Wildman–Crippen MR) is 89.8 cm³/mol. The molecule has 3 nitrogen and oxygen atoms in total. The van der Waals surface area contributed by atoms with E-state index in [1.165, 1.54) is 13.5 Å². The van der Waals surface area contributed by atoms with Gasteiger partial charge in [-0.1, -0.05) is 37.8 Å². The zero-order chi connectivity index (χ0) is 15.5. The Morgan fingerprint density at radius 2 is 2.29 bits per heavy atom. The largest absolute Gasteiger partial charge is 0.467 e. The van der Waals surface area contributed by atoms with Gasteiger partial charge in [0.2, 0.25) is 0 Å². The zero-order valence-electron chi connectivity index (χ0n) is 12.4. The molecule has 1 saturated carbocycles. The summed E-state index contributed by atoms with van der Waals surface area (Å²) >= 11 is 9.46. The smallest absolute Gasteiger partial charge is 0.331 e. The first-order valence-electron chi connectivity index (χ1n) is 7.35. The third-order valence-corrected chi connectivity index (χ3v) is 5.61. The normalized spacial score (nSPS) is 25.4. The van der Waals surface area contributed by atoms with E-state index in [4.69, 9.17) is 16.3 Å². The molecule has 0 amide bonds. The van der Waals surface area contributed by atoms with Crippen LogP contribution in [0.2, 0.25) is 5.02 Å². The highest BCUT2D eigenvalue weighted by molar-refractivity contribution is 9.10. The minimum Gasteiger partial charge on any atom is -0.467 e. The van der Waals surface area contributed by atoms with Gasteiger partial charge in [0, 0.05) is 10.2 Å². The van der Waals surface area contributed by atoms with Crippen LogP contribution in [0.4, 0.5) is 5.69 Å². The van der Waals surface area contributed by atoms with E-state index in [0.717, 1.165) is 35.8 Å². The van der Waals surface area contributed by atoms with Gasteiger partial charge in [-0.2, -0.15) is 0 Å². The molecule has 2 atom stereocenters. The summed E-state index contributed by atoms with van der Waals surface area (Å²) in [6.45, 7) is 2.13. The van der Waals surface area contributed by atoms with Gasteiger partial charge in [-0.3, -0.25) is 0 Å². The van der Waals surface area contributed by atoms with Gasteiger partial charge in [-0.05, 0) is 52.9 Å². The summed E-state index contributed by atoms with van der Waals surface area (Å²) in [5.41, 5.74) is 0.256. The fourth-order valence-corrected chi connectivity index (χ4v) is 3.79. The van der Waals surface area contributed by atoms with Gasteiger partial charge >= 0.3 is 5.97 Å². The zero-order valence-corrected chi connectivity index (χ0v) is 14.8. The van der Waals surface area contributed by atoms with Crippen molar-refractivity contribution >= 4 is 39.2 Å². The second-order valence-corrected chi connectivity index (χ2v) is 6.83. The lowest BCUT2D eigenvalue weighted by molar-refractivity contribution is -0.149. The molecule has 116 valence electrons. The van der Waals surface area contributed by atoms with E-state index in [-0.39, 0.29) is 11.9 Å². The maximum atomic E-state index is 12.5. The average Bonchev–Trinajstić information content (AvgIpc) is 2.50. The Bertz CT molecular complexity index is 523. The molecule has 1 aromatic carbocycles. The number of ether oxygens (including phenoxy) is 1. The molecular formula is C16H21BrClNO2. The molecule has 0 bridgehead atoms. The number of hydrogen-bond donors (Lipinski definition) is 1. The van der Waals surface area contributed by atoms with Gasteiger partial charge in [-0.25, -0.2) is 4.79 Å². The van der Waals surface area contributed by atoms with Gasteiger partial charge in [-0.15, -0.1) is 0 Å². The molecule has 21 heavy (non-hydrogen) atoms. The van der Waals surface area contributed by atoms with E-state index in [9.17, 15) is 4.79 Å². The van der Waals surface area contributed by atoms with Gasteiger partial charge in [0.25, 0.3) is 0 Å². The van der Waals surface area contributed by atoms with Crippen LogP contribution in [-0.4, -0.2) is 18.6 Å². The van der Waals surface area contributed by atoms with Crippen LogP contribution in [-0.2, 0) is 9.53 Å². The molecule has 0 aliphatic heterocycles. The maximum Gasteiger partial charge on any atom is 0.331 e. The highest BCUT2D eigenvalue weighted by Crippen LogP contribution is 2.40. The highest BCUT2D eigenvalue weighted by Gasteiger charge is 2.47. The maximum absolute atomic E-state index is 12.5. The van der Waals surface area contributed by atoms with E-state index in [1.54, 1.807) is 0 Å². The van der Waals surface area contributed by atoms with E-state index in [1.807, 2.05) is 18.2 Å². The number of rotatable bonds is 4. The Hall–Kier alpha value is -0.740. The van der Waals surface area contributed by atoms with E-state index >= 15 is 0 Å². The number of methoxy groups -OCH3 is 1. The summed E-state index contributed by atoms with van der Waals surface area (Å²) in [5.74, 6) is 0.119. The van der Waals surface area contributed by atoms with Crippen LogP contribution in [0.3, 0.4) is 0 Å². The highest BCUT2D eigenvalue weighted by atomic mass is 79.9. The van der Waals surface area contributed by atoms with Gasteiger partial charge in [0.05, 0.1) is 12.1 Å². The third kappa shape index (κ3) is 3.37. The molecule has 0 aromatic heterocycles. The standard InChI is InChI=1S/C16H21BrClNO2/c1-3-11-6-4-5-9-16(11,15(20)21-2)19-12-7-8-14(18)13(17)10-12/h7-8,10-11,19H,3-6,9H2,1-2H3. The summed E-state index contributed by atoms with van der Waals surface area (Å²) in [6.07, 6.45) is 5.01. The minimum absolute atomic E-state index is 0.167. The Kier molecular flexibility index (Phi) is 5.55. The van der Waals surface area contributed by atoms with Gasteiger partial charge < -0.3 is 10.1 Å². The number of esters is 1. The van der Waals surface area contributed by atoms with Crippen molar-refractivity contribution in [3.05, 3.63) is 27.7 Å². The van der Waals surface area contributed by atoms with Crippen molar-refractivity contribution < 1.29 is 9.53 Å². The van der Waals surface area contributed by atoms with Crippen molar-refractivity contribution in [3.63, 3.8) is 0 Å². The van der Waals surface area contributed by atoms with Gasteiger partial charge in [0.1, 0.15) is 5.54 Å². The number of carbonyl (C=O) groups excluding carboxylic acids is 1. The molecule has 0 spiro atoms. The summed E-state index contributed by atoms with van der Waals surface area (Å²) in [5, 5.41) is 4.11. The Morgan fingerprint density at radius 1 is 1.52 bits per heavy atom. The number of anilines is 1.